The van der Waals surface area contributed by atoms with Gasteiger partial charge in [-0.2, -0.15) is 0 Å². The molecule has 2 unspecified atom stereocenters. The Kier molecular flexibility index (Phi) is 3.93. The molecule has 0 spiro atoms. The van der Waals surface area contributed by atoms with Gasteiger partial charge in [0.05, 0.1) is 25.2 Å². The summed E-state index contributed by atoms with van der Waals surface area (Å²) in [5.74, 6) is -0.170. The van der Waals surface area contributed by atoms with Crippen LogP contribution in [0.3, 0.4) is 0 Å². The Labute approximate surface area is 142 Å². The Hall–Kier alpha value is -2.07. The molecule has 4 atom stereocenters. The number of methoxy groups -OCH3 is 1. The third-order valence-electron chi connectivity index (χ3n) is 5.52. The summed E-state index contributed by atoms with van der Waals surface area (Å²) < 4.78 is 13.2. The predicted octanol–water partition coefficient (Wildman–Crippen LogP) is 3.52. The largest absolute Gasteiger partial charge is 0.469 e. The van der Waals surface area contributed by atoms with Crippen LogP contribution in [-0.2, 0) is 21.3 Å². The molecule has 4 rings (SSSR count). The molecule has 24 heavy (non-hydrogen) atoms. The van der Waals surface area contributed by atoms with Gasteiger partial charge >= 0.3 is 5.97 Å². The molecular formula is C20H23NO3. The molecule has 0 N–H and O–H groups in total. The van der Waals surface area contributed by atoms with Crippen molar-refractivity contribution in [1.29, 1.82) is 0 Å². The van der Waals surface area contributed by atoms with Gasteiger partial charge in [0.2, 0.25) is 0 Å². The van der Waals surface area contributed by atoms with Crippen LogP contribution in [0.5, 0.6) is 0 Å². The second-order valence-electron chi connectivity index (χ2n) is 6.89. The Morgan fingerprint density at radius 2 is 2.12 bits per heavy atom. The number of hydrogen-bond donors (Lipinski definition) is 0. The molecule has 2 aliphatic rings. The molecule has 0 radical (unpaired) electrons. The molecule has 0 saturated carbocycles. The SMILES string of the molecule is COC(=O)[C@@H]1C2CCC(C[C@@H]1c1cccc(-c3cccn3C)c1)O2. The number of hydrogen-bond acceptors (Lipinski definition) is 3. The Morgan fingerprint density at radius 1 is 1.25 bits per heavy atom. The molecule has 0 amide bonds. The van der Waals surface area contributed by atoms with Crippen molar-refractivity contribution in [2.45, 2.75) is 37.4 Å². The second kappa shape index (κ2) is 6.10. The van der Waals surface area contributed by atoms with Crippen molar-refractivity contribution >= 4 is 5.97 Å². The van der Waals surface area contributed by atoms with E-state index in [2.05, 4.69) is 34.9 Å². The van der Waals surface area contributed by atoms with Crippen LogP contribution in [0.15, 0.2) is 42.6 Å². The van der Waals surface area contributed by atoms with E-state index in [1.807, 2.05) is 19.3 Å². The van der Waals surface area contributed by atoms with Gasteiger partial charge in [-0.25, -0.2) is 0 Å². The second-order valence-corrected chi connectivity index (χ2v) is 6.89. The Balaban J connectivity index is 1.71. The van der Waals surface area contributed by atoms with Gasteiger partial charge in [-0.1, -0.05) is 18.2 Å². The molecule has 4 nitrogen and oxygen atoms in total. The van der Waals surface area contributed by atoms with Gasteiger partial charge in [0, 0.05) is 24.9 Å². The summed E-state index contributed by atoms with van der Waals surface area (Å²) in [5.41, 5.74) is 3.58. The lowest BCUT2D eigenvalue weighted by atomic mass is 9.78. The van der Waals surface area contributed by atoms with Gasteiger partial charge < -0.3 is 14.0 Å². The summed E-state index contributed by atoms with van der Waals surface area (Å²) in [7, 11) is 3.52. The van der Waals surface area contributed by atoms with Gasteiger partial charge in [-0.15, -0.1) is 0 Å². The molecule has 2 aliphatic heterocycles. The number of aromatic nitrogens is 1. The zero-order valence-corrected chi connectivity index (χ0v) is 14.1. The first kappa shape index (κ1) is 15.5. The molecule has 1 aromatic carbocycles. The lowest BCUT2D eigenvalue weighted by Crippen LogP contribution is -2.39. The minimum Gasteiger partial charge on any atom is -0.469 e. The van der Waals surface area contributed by atoms with Crippen LogP contribution < -0.4 is 0 Å². The van der Waals surface area contributed by atoms with Gasteiger partial charge in [-0.05, 0) is 48.6 Å². The fourth-order valence-electron chi connectivity index (χ4n) is 4.35. The van der Waals surface area contributed by atoms with Crippen molar-refractivity contribution in [2.75, 3.05) is 7.11 Å². The van der Waals surface area contributed by atoms with Crippen LogP contribution in [0.4, 0.5) is 0 Å². The van der Waals surface area contributed by atoms with E-state index in [-0.39, 0.29) is 30.0 Å². The third-order valence-corrected chi connectivity index (χ3v) is 5.52. The number of rotatable bonds is 3. The quantitative estimate of drug-likeness (QED) is 0.811. The van der Waals surface area contributed by atoms with Crippen LogP contribution in [0, 0.1) is 5.92 Å². The summed E-state index contributed by atoms with van der Waals surface area (Å²) in [6, 6.07) is 12.7. The number of ether oxygens (including phenoxy) is 2. The molecule has 2 fully saturated rings. The van der Waals surface area contributed by atoms with E-state index < -0.39 is 0 Å². The Bertz CT molecular complexity index is 751. The van der Waals surface area contributed by atoms with Gasteiger partial charge in [0.15, 0.2) is 0 Å². The molecule has 2 aromatic rings. The van der Waals surface area contributed by atoms with Crippen molar-refractivity contribution in [3.05, 3.63) is 48.2 Å². The smallest absolute Gasteiger partial charge is 0.311 e. The van der Waals surface area contributed by atoms with Crippen molar-refractivity contribution in [3.8, 4) is 11.3 Å². The summed E-state index contributed by atoms with van der Waals surface area (Å²) in [4.78, 5) is 12.4. The highest BCUT2D eigenvalue weighted by Gasteiger charge is 2.47. The lowest BCUT2D eigenvalue weighted by molar-refractivity contribution is -0.156. The van der Waals surface area contributed by atoms with Crippen LogP contribution in [-0.4, -0.2) is 29.9 Å². The average molecular weight is 325 g/mol. The van der Waals surface area contributed by atoms with E-state index in [1.54, 1.807) is 0 Å². The fourth-order valence-corrected chi connectivity index (χ4v) is 4.35. The molecule has 126 valence electrons. The molecule has 1 aromatic heterocycles. The van der Waals surface area contributed by atoms with Crippen molar-refractivity contribution in [1.82, 2.24) is 4.57 Å². The van der Waals surface area contributed by atoms with E-state index in [4.69, 9.17) is 9.47 Å². The summed E-state index contributed by atoms with van der Waals surface area (Å²) in [6.45, 7) is 0. The first-order valence-electron chi connectivity index (χ1n) is 8.62. The number of nitrogens with zero attached hydrogens (tertiary/aromatic N) is 1. The molecule has 3 heterocycles. The molecule has 2 bridgehead atoms. The maximum Gasteiger partial charge on any atom is 0.311 e. The van der Waals surface area contributed by atoms with Crippen LogP contribution in [0.25, 0.3) is 11.3 Å². The van der Waals surface area contributed by atoms with E-state index in [0.29, 0.717) is 0 Å². The topological polar surface area (TPSA) is 40.5 Å². The normalized spacial score (nSPS) is 28.8. The van der Waals surface area contributed by atoms with Crippen LogP contribution in [0.2, 0.25) is 0 Å². The highest BCUT2D eigenvalue weighted by atomic mass is 16.5. The maximum absolute atomic E-state index is 12.4. The van der Waals surface area contributed by atoms with Crippen LogP contribution >= 0.6 is 0 Å². The van der Waals surface area contributed by atoms with E-state index >= 15 is 0 Å². The number of aryl methyl sites for hydroxylation is 1. The molecular weight excluding hydrogens is 302 g/mol. The summed E-state index contributed by atoms with van der Waals surface area (Å²) in [6.07, 6.45) is 5.23. The average Bonchev–Trinajstić information content (AvgIpc) is 3.20. The number of esters is 1. The van der Waals surface area contributed by atoms with Gasteiger partial charge in [0.25, 0.3) is 0 Å². The summed E-state index contributed by atoms with van der Waals surface area (Å²) in [5, 5.41) is 0. The number of carbonyl (C=O) groups excluding carboxylic acids is 1. The first-order chi connectivity index (χ1) is 11.7. The third kappa shape index (κ3) is 2.55. The highest BCUT2D eigenvalue weighted by molar-refractivity contribution is 5.75. The standard InChI is InChI=1S/C20H23NO3/c1-21-10-4-7-17(21)14-6-3-5-13(11-14)16-12-15-8-9-18(24-15)19(16)20(22)23-2/h3-7,10-11,15-16,18-19H,8-9,12H2,1-2H3/t15?,16-,18?,19+/m1/s1. The zero-order chi connectivity index (χ0) is 16.7. The fraction of sp³-hybridized carbons (Fsp3) is 0.450. The van der Waals surface area contributed by atoms with E-state index in [9.17, 15) is 4.79 Å². The van der Waals surface area contributed by atoms with Gasteiger partial charge in [-0.3, -0.25) is 4.79 Å². The monoisotopic (exact) mass is 325 g/mol. The predicted molar refractivity (Wildman–Crippen MR) is 91.6 cm³/mol. The molecule has 0 aliphatic carbocycles. The minimum atomic E-state index is -0.197. The maximum atomic E-state index is 12.4. The van der Waals surface area contributed by atoms with Crippen molar-refractivity contribution in [3.63, 3.8) is 0 Å². The van der Waals surface area contributed by atoms with E-state index in [1.165, 1.54) is 23.9 Å². The highest BCUT2D eigenvalue weighted by Crippen LogP contribution is 2.46. The van der Waals surface area contributed by atoms with Crippen molar-refractivity contribution in [2.24, 2.45) is 13.0 Å². The van der Waals surface area contributed by atoms with Crippen molar-refractivity contribution < 1.29 is 14.3 Å². The molecule has 4 heteroatoms. The minimum absolute atomic E-state index is 0.0000995. The summed E-state index contributed by atoms with van der Waals surface area (Å²) >= 11 is 0. The Morgan fingerprint density at radius 3 is 2.88 bits per heavy atom. The van der Waals surface area contributed by atoms with E-state index in [0.717, 1.165) is 19.3 Å². The van der Waals surface area contributed by atoms with Gasteiger partial charge in [0.1, 0.15) is 0 Å². The number of fused-ring (bicyclic) bond motifs is 2. The number of benzene rings is 1. The lowest BCUT2D eigenvalue weighted by Gasteiger charge is -2.35. The number of carbonyl (C=O) groups is 1. The molecule has 2 saturated heterocycles. The zero-order valence-electron chi connectivity index (χ0n) is 14.1. The first-order valence-corrected chi connectivity index (χ1v) is 8.62. The van der Waals surface area contributed by atoms with Crippen LogP contribution in [0.1, 0.15) is 30.7 Å².